The molecule has 0 fully saturated rings. The van der Waals surface area contributed by atoms with E-state index in [1.165, 1.54) is 25.3 Å². The van der Waals surface area contributed by atoms with Crippen LogP contribution in [0.5, 0.6) is 11.5 Å². The van der Waals surface area contributed by atoms with E-state index in [-0.39, 0.29) is 6.61 Å². The third-order valence-electron chi connectivity index (χ3n) is 3.03. The SMILES string of the molecule is COc1cc(CN)ccc1OCc1cc(F)ccc1C#N. The van der Waals surface area contributed by atoms with Crippen molar-refractivity contribution < 1.29 is 13.9 Å². The minimum Gasteiger partial charge on any atom is -0.493 e. The molecule has 0 radical (unpaired) electrons. The summed E-state index contributed by atoms with van der Waals surface area (Å²) < 4.78 is 24.1. The Balaban J connectivity index is 2.20. The first-order valence-electron chi connectivity index (χ1n) is 6.36. The Hall–Kier alpha value is -2.58. The summed E-state index contributed by atoms with van der Waals surface area (Å²) in [6.07, 6.45) is 0. The lowest BCUT2D eigenvalue weighted by molar-refractivity contribution is 0.283. The normalized spacial score (nSPS) is 10.0. The van der Waals surface area contributed by atoms with Gasteiger partial charge in [-0.15, -0.1) is 0 Å². The first kappa shape index (κ1) is 14.8. The second-order valence-electron chi connectivity index (χ2n) is 4.39. The van der Waals surface area contributed by atoms with Crippen molar-refractivity contribution in [3.8, 4) is 17.6 Å². The second-order valence-corrected chi connectivity index (χ2v) is 4.39. The smallest absolute Gasteiger partial charge is 0.161 e. The van der Waals surface area contributed by atoms with Gasteiger partial charge in [0, 0.05) is 12.1 Å². The van der Waals surface area contributed by atoms with Gasteiger partial charge in [-0.2, -0.15) is 5.26 Å². The molecule has 0 aliphatic carbocycles. The Morgan fingerprint density at radius 3 is 2.67 bits per heavy atom. The lowest BCUT2D eigenvalue weighted by Crippen LogP contribution is -2.02. The maximum Gasteiger partial charge on any atom is 0.161 e. The van der Waals surface area contributed by atoms with Crippen molar-refractivity contribution in [3.05, 3.63) is 58.9 Å². The summed E-state index contributed by atoms with van der Waals surface area (Å²) >= 11 is 0. The van der Waals surface area contributed by atoms with Crippen molar-refractivity contribution in [2.45, 2.75) is 13.2 Å². The third kappa shape index (κ3) is 3.50. The van der Waals surface area contributed by atoms with E-state index in [2.05, 4.69) is 0 Å². The van der Waals surface area contributed by atoms with Gasteiger partial charge < -0.3 is 15.2 Å². The number of hydrogen-bond donors (Lipinski definition) is 1. The van der Waals surface area contributed by atoms with Crippen LogP contribution in [0.15, 0.2) is 36.4 Å². The first-order valence-corrected chi connectivity index (χ1v) is 6.36. The molecular formula is C16H15FN2O2. The summed E-state index contributed by atoms with van der Waals surface area (Å²) in [5.74, 6) is 0.661. The van der Waals surface area contributed by atoms with E-state index < -0.39 is 5.82 Å². The van der Waals surface area contributed by atoms with Crippen LogP contribution >= 0.6 is 0 Å². The Kier molecular flexibility index (Phi) is 4.75. The number of benzene rings is 2. The highest BCUT2D eigenvalue weighted by atomic mass is 19.1. The lowest BCUT2D eigenvalue weighted by Gasteiger charge is -2.12. The summed E-state index contributed by atoms with van der Waals surface area (Å²) in [5, 5.41) is 9.01. The predicted octanol–water partition coefficient (Wildman–Crippen LogP) is 2.74. The third-order valence-corrected chi connectivity index (χ3v) is 3.03. The molecule has 0 spiro atoms. The molecule has 0 aliphatic heterocycles. The number of rotatable bonds is 5. The van der Waals surface area contributed by atoms with E-state index in [1.54, 1.807) is 12.1 Å². The Morgan fingerprint density at radius 1 is 1.19 bits per heavy atom. The molecule has 0 heterocycles. The highest BCUT2D eigenvalue weighted by Gasteiger charge is 2.08. The van der Waals surface area contributed by atoms with E-state index in [9.17, 15) is 4.39 Å². The molecule has 2 rings (SSSR count). The molecule has 0 saturated heterocycles. The maximum absolute atomic E-state index is 13.2. The first-order chi connectivity index (χ1) is 10.2. The van der Waals surface area contributed by atoms with Gasteiger partial charge in [-0.05, 0) is 35.9 Å². The fourth-order valence-corrected chi connectivity index (χ4v) is 1.90. The number of nitrogens with zero attached hydrogens (tertiary/aromatic N) is 1. The molecule has 4 nitrogen and oxygen atoms in total. The van der Waals surface area contributed by atoms with Crippen LogP contribution in [0.3, 0.4) is 0 Å². The van der Waals surface area contributed by atoms with Crippen LogP contribution in [0.25, 0.3) is 0 Å². The number of nitriles is 1. The summed E-state index contributed by atoms with van der Waals surface area (Å²) in [6.45, 7) is 0.484. The zero-order valence-electron chi connectivity index (χ0n) is 11.6. The average Bonchev–Trinajstić information content (AvgIpc) is 2.52. The van der Waals surface area contributed by atoms with Gasteiger partial charge in [0.25, 0.3) is 0 Å². The van der Waals surface area contributed by atoms with Crippen LogP contribution in [0.4, 0.5) is 4.39 Å². The number of halogens is 1. The zero-order chi connectivity index (χ0) is 15.2. The van der Waals surface area contributed by atoms with Gasteiger partial charge >= 0.3 is 0 Å². The topological polar surface area (TPSA) is 68.3 Å². The molecule has 2 aromatic carbocycles. The minimum atomic E-state index is -0.405. The zero-order valence-corrected chi connectivity index (χ0v) is 11.6. The highest BCUT2D eigenvalue weighted by molar-refractivity contribution is 5.44. The molecule has 0 aliphatic rings. The Morgan fingerprint density at radius 2 is 2.00 bits per heavy atom. The molecule has 2 N–H and O–H groups in total. The molecule has 5 heteroatoms. The largest absolute Gasteiger partial charge is 0.493 e. The predicted molar refractivity (Wildman–Crippen MR) is 76.3 cm³/mol. The summed E-state index contributed by atoms with van der Waals surface area (Å²) in [5.41, 5.74) is 7.36. The highest BCUT2D eigenvalue weighted by Crippen LogP contribution is 2.29. The van der Waals surface area contributed by atoms with E-state index in [1.807, 2.05) is 12.1 Å². The molecule has 2 aromatic rings. The molecule has 0 aromatic heterocycles. The van der Waals surface area contributed by atoms with E-state index in [0.29, 0.717) is 29.2 Å². The van der Waals surface area contributed by atoms with Gasteiger partial charge in [-0.1, -0.05) is 6.07 Å². The van der Waals surface area contributed by atoms with E-state index >= 15 is 0 Å². The minimum absolute atomic E-state index is 0.0823. The van der Waals surface area contributed by atoms with Crippen LogP contribution in [0.2, 0.25) is 0 Å². The molecular weight excluding hydrogens is 271 g/mol. The number of ether oxygens (including phenoxy) is 2. The van der Waals surface area contributed by atoms with Gasteiger partial charge in [0.1, 0.15) is 12.4 Å². The van der Waals surface area contributed by atoms with Gasteiger partial charge in [0.15, 0.2) is 11.5 Å². The maximum atomic E-state index is 13.2. The average molecular weight is 286 g/mol. The van der Waals surface area contributed by atoms with Crippen molar-refractivity contribution in [3.63, 3.8) is 0 Å². The fourth-order valence-electron chi connectivity index (χ4n) is 1.90. The molecule has 0 saturated carbocycles. The van der Waals surface area contributed by atoms with Gasteiger partial charge in [-0.25, -0.2) is 4.39 Å². The van der Waals surface area contributed by atoms with Crippen molar-refractivity contribution in [1.82, 2.24) is 0 Å². The molecule has 0 unspecified atom stereocenters. The van der Waals surface area contributed by atoms with Crippen molar-refractivity contribution in [2.75, 3.05) is 7.11 Å². The van der Waals surface area contributed by atoms with Crippen LogP contribution in [-0.2, 0) is 13.2 Å². The van der Waals surface area contributed by atoms with Crippen molar-refractivity contribution in [2.24, 2.45) is 5.73 Å². The van der Waals surface area contributed by atoms with Gasteiger partial charge in [0.2, 0.25) is 0 Å². The Labute approximate surface area is 122 Å². The van der Waals surface area contributed by atoms with E-state index in [0.717, 1.165) is 5.56 Å². The van der Waals surface area contributed by atoms with Gasteiger partial charge in [0.05, 0.1) is 18.7 Å². The number of hydrogen-bond acceptors (Lipinski definition) is 4. The van der Waals surface area contributed by atoms with Crippen LogP contribution in [-0.4, -0.2) is 7.11 Å². The van der Waals surface area contributed by atoms with Crippen LogP contribution in [0, 0.1) is 17.1 Å². The molecule has 0 atom stereocenters. The lowest BCUT2D eigenvalue weighted by atomic mass is 10.1. The van der Waals surface area contributed by atoms with E-state index in [4.69, 9.17) is 20.5 Å². The second kappa shape index (κ2) is 6.73. The molecule has 0 bridgehead atoms. The molecule has 21 heavy (non-hydrogen) atoms. The molecule has 0 amide bonds. The standard InChI is InChI=1S/C16H15FN2O2/c1-20-16-6-11(8-18)2-5-15(16)21-10-13-7-14(17)4-3-12(13)9-19/h2-7H,8,10,18H2,1H3. The summed E-state index contributed by atoms with van der Waals surface area (Å²) in [4.78, 5) is 0. The van der Waals surface area contributed by atoms with Crippen molar-refractivity contribution >= 4 is 0 Å². The summed E-state index contributed by atoms with van der Waals surface area (Å²) in [7, 11) is 1.53. The molecule has 108 valence electrons. The van der Waals surface area contributed by atoms with Crippen molar-refractivity contribution in [1.29, 1.82) is 5.26 Å². The quantitative estimate of drug-likeness (QED) is 0.917. The number of nitrogens with two attached hydrogens (primary N) is 1. The monoisotopic (exact) mass is 286 g/mol. The summed E-state index contributed by atoms with van der Waals surface area (Å²) in [6, 6.07) is 11.3. The number of methoxy groups -OCH3 is 1. The fraction of sp³-hybridized carbons (Fsp3) is 0.188. The van der Waals surface area contributed by atoms with Crippen LogP contribution in [0.1, 0.15) is 16.7 Å². The van der Waals surface area contributed by atoms with Gasteiger partial charge in [-0.3, -0.25) is 0 Å². The van der Waals surface area contributed by atoms with Crippen LogP contribution < -0.4 is 15.2 Å². The Bertz CT molecular complexity index is 680.